The van der Waals surface area contributed by atoms with Crippen LogP contribution < -0.4 is 0 Å². The van der Waals surface area contributed by atoms with Crippen LogP contribution in [0.25, 0.3) is 60.9 Å². The van der Waals surface area contributed by atoms with Crippen molar-refractivity contribution in [3.8, 4) is 39.4 Å². The van der Waals surface area contributed by atoms with Gasteiger partial charge in [-0.3, -0.25) is 0 Å². The number of amidine groups is 1. The van der Waals surface area contributed by atoms with E-state index in [0.717, 1.165) is 50.0 Å². The maximum absolute atomic E-state index is 9.21. The molecule has 0 spiro atoms. The molecule has 47 heavy (non-hydrogen) atoms. The second-order valence-corrected chi connectivity index (χ2v) is 11.9. The molecule has 1 aromatic heterocycles. The fourth-order valence-corrected chi connectivity index (χ4v) is 6.64. The summed E-state index contributed by atoms with van der Waals surface area (Å²) in [6.07, 6.45) is 6.42. The molecule has 0 saturated heterocycles. The number of furan rings is 1. The molecule has 4 heteroatoms. The third-order valence-corrected chi connectivity index (χ3v) is 9.14. The molecule has 1 unspecified atom stereocenters. The van der Waals surface area contributed by atoms with Crippen LogP contribution in [0.2, 0.25) is 0 Å². The lowest BCUT2D eigenvalue weighted by Gasteiger charge is -2.39. The lowest BCUT2D eigenvalue weighted by Crippen LogP contribution is -2.39. The van der Waals surface area contributed by atoms with Gasteiger partial charge in [-0.2, -0.15) is 5.26 Å². The minimum absolute atomic E-state index is 0.0111. The van der Waals surface area contributed by atoms with Gasteiger partial charge < -0.3 is 9.32 Å². The topological polar surface area (TPSA) is 52.5 Å². The predicted octanol–water partition coefficient (Wildman–Crippen LogP) is 10.8. The first-order valence-electron chi connectivity index (χ1n) is 15.7. The van der Waals surface area contributed by atoms with Gasteiger partial charge in [0.2, 0.25) is 0 Å². The Morgan fingerprint density at radius 3 is 2.11 bits per heavy atom. The summed E-state index contributed by atoms with van der Waals surface area (Å²) in [6, 6.07) is 50.5. The number of fused-ring (bicyclic) bond motifs is 4. The largest absolute Gasteiger partial charge is 0.455 e. The third-order valence-electron chi connectivity index (χ3n) is 9.14. The zero-order valence-corrected chi connectivity index (χ0v) is 25.3. The maximum atomic E-state index is 9.21. The van der Waals surface area contributed by atoms with Crippen molar-refractivity contribution < 1.29 is 4.42 Å². The minimum atomic E-state index is -0.0111. The van der Waals surface area contributed by atoms with Crippen LogP contribution in [0, 0.1) is 11.3 Å². The van der Waals surface area contributed by atoms with Gasteiger partial charge in [-0.05, 0) is 87.0 Å². The Bertz CT molecular complexity index is 2460. The van der Waals surface area contributed by atoms with E-state index in [1.165, 1.54) is 27.8 Å². The first-order valence-corrected chi connectivity index (χ1v) is 15.7. The summed E-state index contributed by atoms with van der Waals surface area (Å²) in [5.41, 5.74) is 12.6. The average molecular weight is 602 g/mol. The van der Waals surface area contributed by atoms with Crippen molar-refractivity contribution in [1.29, 1.82) is 5.26 Å². The summed E-state index contributed by atoms with van der Waals surface area (Å²) < 4.78 is 6.40. The number of benzene rings is 6. The van der Waals surface area contributed by atoms with E-state index < -0.39 is 0 Å². The lowest BCUT2D eigenvalue weighted by molar-refractivity contribution is 0.368. The molecule has 9 rings (SSSR count). The highest BCUT2D eigenvalue weighted by Gasteiger charge is 2.31. The number of hydrogen-bond acceptors (Lipinski definition) is 4. The monoisotopic (exact) mass is 601 g/mol. The van der Waals surface area contributed by atoms with Crippen molar-refractivity contribution in [3.63, 3.8) is 0 Å². The molecule has 2 aliphatic rings. The summed E-state index contributed by atoms with van der Waals surface area (Å²) in [4.78, 5) is 7.11. The Labute approximate surface area is 272 Å². The van der Waals surface area contributed by atoms with Gasteiger partial charge in [0.05, 0.1) is 11.6 Å². The van der Waals surface area contributed by atoms with Crippen LogP contribution in [-0.4, -0.2) is 10.7 Å². The SMILES string of the molecule is N#Cc1ccc(-c2cccc3c2oc2ccc(-c4cccc(-c5ccc(C6N=C7C=CC(c8ccccc8)=CN76)cc5)c4)cc23)cc1. The fourth-order valence-electron chi connectivity index (χ4n) is 6.64. The summed E-state index contributed by atoms with van der Waals surface area (Å²) in [6.45, 7) is 0. The third kappa shape index (κ3) is 4.65. The van der Waals surface area contributed by atoms with Crippen LogP contribution in [0.5, 0.6) is 0 Å². The van der Waals surface area contributed by atoms with Crippen LogP contribution in [0.4, 0.5) is 0 Å². The number of nitriles is 1. The number of para-hydroxylation sites is 1. The molecule has 2 aliphatic heterocycles. The molecule has 3 heterocycles. The van der Waals surface area contributed by atoms with Crippen LogP contribution in [0.15, 0.2) is 167 Å². The molecule has 0 aliphatic carbocycles. The molecular weight excluding hydrogens is 574 g/mol. The second kappa shape index (κ2) is 10.9. The van der Waals surface area contributed by atoms with E-state index >= 15 is 0 Å². The average Bonchev–Trinajstić information content (AvgIpc) is 3.51. The minimum Gasteiger partial charge on any atom is -0.455 e. The molecule has 7 aromatic rings. The Hall–Kier alpha value is -6.44. The summed E-state index contributed by atoms with van der Waals surface area (Å²) in [5, 5.41) is 11.4. The normalized spacial score (nSPS) is 15.1. The molecule has 0 fully saturated rings. The van der Waals surface area contributed by atoms with Gasteiger partial charge in [-0.25, -0.2) is 4.99 Å². The highest BCUT2D eigenvalue weighted by atomic mass is 16.3. The van der Waals surface area contributed by atoms with E-state index in [4.69, 9.17) is 9.41 Å². The van der Waals surface area contributed by atoms with Crippen molar-refractivity contribution in [1.82, 2.24) is 4.90 Å². The first kappa shape index (κ1) is 26.9. The van der Waals surface area contributed by atoms with E-state index in [2.05, 4.69) is 139 Å². The Morgan fingerprint density at radius 2 is 1.30 bits per heavy atom. The van der Waals surface area contributed by atoms with Crippen LogP contribution in [0.1, 0.15) is 22.9 Å². The zero-order chi connectivity index (χ0) is 31.3. The molecule has 0 N–H and O–H groups in total. The lowest BCUT2D eigenvalue weighted by atomic mass is 9.96. The Balaban J connectivity index is 0.999. The number of hydrogen-bond donors (Lipinski definition) is 0. The van der Waals surface area contributed by atoms with Gasteiger partial charge in [0.1, 0.15) is 17.0 Å². The standard InChI is InChI=1S/C43H27N3O/c44-26-28-12-14-31(15-13-28)37-10-5-11-38-39-25-35(20-22-40(39)47-42(37)38)34-9-4-8-33(24-34)30-16-18-32(19-17-30)43-45-41-23-21-36(27-46(41)43)29-6-2-1-3-7-29/h1-25,27,43H. The zero-order valence-electron chi connectivity index (χ0n) is 25.3. The van der Waals surface area contributed by atoms with Gasteiger partial charge in [-0.15, -0.1) is 0 Å². The summed E-state index contributed by atoms with van der Waals surface area (Å²) in [5.74, 6) is 0.999. The van der Waals surface area contributed by atoms with Crippen molar-refractivity contribution in [2.45, 2.75) is 6.17 Å². The number of nitrogens with zero attached hydrogens (tertiary/aromatic N) is 3. The molecular formula is C43H27N3O. The van der Waals surface area contributed by atoms with Gasteiger partial charge in [0.25, 0.3) is 0 Å². The predicted molar refractivity (Wildman–Crippen MR) is 190 cm³/mol. The van der Waals surface area contributed by atoms with Gasteiger partial charge in [-0.1, -0.05) is 109 Å². The Kier molecular flexibility index (Phi) is 6.23. The summed E-state index contributed by atoms with van der Waals surface area (Å²) >= 11 is 0. The molecule has 220 valence electrons. The molecule has 6 aromatic carbocycles. The van der Waals surface area contributed by atoms with Crippen molar-refractivity contribution >= 4 is 33.3 Å². The highest BCUT2D eigenvalue weighted by molar-refractivity contribution is 6.10. The van der Waals surface area contributed by atoms with Gasteiger partial charge >= 0.3 is 0 Å². The summed E-state index contributed by atoms with van der Waals surface area (Å²) in [7, 11) is 0. The van der Waals surface area contributed by atoms with Crippen molar-refractivity contribution in [2.75, 3.05) is 0 Å². The highest BCUT2D eigenvalue weighted by Crippen LogP contribution is 2.39. The molecule has 0 bridgehead atoms. The maximum Gasteiger partial charge on any atom is 0.154 e. The molecule has 1 atom stereocenters. The number of rotatable bonds is 5. The van der Waals surface area contributed by atoms with E-state index in [1.807, 2.05) is 30.3 Å². The second-order valence-electron chi connectivity index (χ2n) is 11.9. The number of aliphatic imine (C=N–C) groups is 1. The van der Waals surface area contributed by atoms with E-state index in [1.54, 1.807) is 0 Å². The van der Waals surface area contributed by atoms with E-state index in [9.17, 15) is 5.26 Å². The van der Waals surface area contributed by atoms with Crippen molar-refractivity contribution in [2.24, 2.45) is 4.99 Å². The molecule has 0 amide bonds. The quantitative estimate of drug-likeness (QED) is 0.197. The van der Waals surface area contributed by atoms with E-state index in [0.29, 0.717) is 5.56 Å². The molecule has 4 nitrogen and oxygen atoms in total. The smallest absolute Gasteiger partial charge is 0.154 e. The molecule has 0 saturated carbocycles. The first-order chi connectivity index (χ1) is 23.2. The van der Waals surface area contributed by atoms with Gasteiger partial charge in [0.15, 0.2) is 6.17 Å². The fraction of sp³-hybridized carbons (Fsp3) is 0.0233. The van der Waals surface area contributed by atoms with Crippen LogP contribution in [0.3, 0.4) is 0 Å². The number of allylic oxidation sites excluding steroid dienone is 2. The van der Waals surface area contributed by atoms with E-state index in [-0.39, 0.29) is 6.17 Å². The van der Waals surface area contributed by atoms with Crippen LogP contribution in [-0.2, 0) is 0 Å². The Morgan fingerprint density at radius 1 is 0.596 bits per heavy atom. The van der Waals surface area contributed by atoms with Gasteiger partial charge in [0, 0.05) is 22.5 Å². The molecule has 0 radical (unpaired) electrons. The van der Waals surface area contributed by atoms with Crippen LogP contribution >= 0.6 is 0 Å². The van der Waals surface area contributed by atoms with Crippen molar-refractivity contribution in [3.05, 3.63) is 175 Å².